The second-order valence-corrected chi connectivity index (χ2v) is 4.89. The number of phenolic OH excluding ortho intramolecular Hbond substituents is 1. The first kappa shape index (κ1) is 14.2. The Hall–Kier alpha value is -2.20. The van der Waals surface area contributed by atoms with Gasteiger partial charge in [-0.15, -0.1) is 0 Å². The van der Waals surface area contributed by atoms with Crippen LogP contribution in [0, 0.1) is 6.92 Å². The normalized spacial score (nSPS) is 10.3. The van der Waals surface area contributed by atoms with Crippen LogP contribution < -0.4 is 11.1 Å². The predicted octanol–water partition coefficient (Wildman–Crippen LogP) is 2.87. The lowest BCUT2D eigenvalue weighted by molar-refractivity contribution is 0.0950. The van der Waals surface area contributed by atoms with Gasteiger partial charge in [-0.3, -0.25) is 4.79 Å². The number of rotatable bonds is 3. The van der Waals surface area contributed by atoms with Crippen molar-refractivity contribution in [3.8, 4) is 5.75 Å². The van der Waals surface area contributed by atoms with Gasteiger partial charge in [0.15, 0.2) is 0 Å². The summed E-state index contributed by atoms with van der Waals surface area (Å²) in [6, 6.07) is 9.89. The first-order valence-corrected chi connectivity index (χ1v) is 6.47. The summed E-state index contributed by atoms with van der Waals surface area (Å²) in [5, 5.41) is 13.0. The molecule has 0 radical (unpaired) electrons. The molecule has 2 aromatic carbocycles. The summed E-state index contributed by atoms with van der Waals surface area (Å²) in [5.41, 5.74) is 7.99. The molecule has 0 bridgehead atoms. The Balaban J connectivity index is 2.13. The maximum absolute atomic E-state index is 12.1. The molecule has 2 aromatic rings. The topological polar surface area (TPSA) is 75.4 Å². The zero-order chi connectivity index (χ0) is 14.7. The Kier molecular flexibility index (Phi) is 4.15. The summed E-state index contributed by atoms with van der Waals surface area (Å²) in [5.74, 6) is -0.144. The maximum Gasteiger partial charge on any atom is 0.251 e. The third kappa shape index (κ3) is 3.03. The molecule has 0 spiro atoms. The van der Waals surface area contributed by atoms with Crippen LogP contribution in [-0.4, -0.2) is 11.0 Å². The van der Waals surface area contributed by atoms with Gasteiger partial charge in [-0.25, -0.2) is 0 Å². The molecule has 0 aliphatic rings. The number of nitrogens with one attached hydrogen (secondary N) is 1. The summed E-state index contributed by atoms with van der Waals surface area (Å²) < 4.78 is 0. The van der Waals surface area contributed by atoms with Crippen LogP contribution in [0.25, 0.3) is 0 Å². The van der Waals surface area contributed by atoms with Crippen LogP contribution in [-0.2, 0) is 6.54 Å². The lowest BCUT2D eigenvalue weighted by Gasteiger charge is -2.10. The number of nitrogens with two attached hydrogens (primary N) is 1. The molecule has 0 aromatic heterocycles. The van der Waals surface area contributed by atoms with Gasteiger partial charge < -0.3 is 16.2 Å². The number of aromatic hydroxyl groups is 1. The minimum atomic E-state index is -0.244. The van der Waals surface area contributed by atoms with Crippen LogP contribution in [0.3, 0.4) is 0 Å². The molecule has 1 amide bonds. The number of carbonyl (C=O) groups is 1. The molecule has 20 heavy (non-hydrogen) atoms. The fourth-order valence-electron chi connectivity index (χ4n) is 1.87. The number of hydrogen-bond acceptors (Lipinski definition) is 3. The van der Waals surface area contributed by atoms with E-state index >= 15 is 0 Å². The molecule has 0 unspecified atom stereocenters. The summed E-state index contributed by atoms with van der Waals surface area (Å²) in [7, 11) is 0. The lowest BCUT2D eigenvalue weighted by atomic mass is 10.1. The van der Waals surface area contributed by atoms with E-state index in [2.05, 4.69) is 5.32 Å². The number of amides is 1. The fraction of sp³-hybridized carbons (Fsp3) is 0.133. The van der Waals surface area contributed by atoms with E-state index in [0.29, 0.717) is 21.8 Å². The Morgan fingerprint density at radius 1 is 1.35 bits per heavy atom. The molecule has 0 saturated carbocycles. The zero-order valence-electron chi connectivity index (χ0n) is 11.0. The molecule has 104 valence electrons. The lowest BCUT2D eigenvalue weighted by Crippen LogP contribution is -2.23. The number of nitrogen functional groups attached to an aromatic ring is 1. The molecule has 2 rings (SSSR count). The number of halogens is 1. The summed E-state index contributed by atoms with van der Waals surface area (Å²) >= 11 is 5.98. The highest BCUT2D eigenvalue weighted by Crippen LogP contribution is 2.21. The van der Waals surface area contributed by atoms with Gasteiger partial charge in [-0.05, 0) is 42.8 Å². The number of hydrogen-bond donors (Lipinski definition) is 3. The highest BCUT2D eigenvalue weighted by atomic mass is 35.5. The van der Waals surface area contributed by atoms with E-state index in [9.17, 15) is 9.90 Å². The van der Waals surface area contributed by atoms with Crippen molar-refractivity contribution in [1.29, 1.82) is 0 Å². The van der Waals surface area contributed by atoms with Crippen LogP contribution in [0.2, 0.25) is 5.02 Å². The molecule has 0 aliphatic heterocycles. The smallest absolute Gasteiger partial charge is 0.251 e. The van der Waals surface area contributed by atoms with E-state index in [4.69, 9.17) is 17.3 Å². The summed E-state index contributed by atoms with van der Waals surface area (Å²) in [6.45, 7) is 1.98. The standard InChI is InChI=1S/C15H15ClN2O2/c1-9-12(3-2-4-13(9)16)15(20)18-8-10-7-11(17)5-6-14(10)19/h2-7,19H,8,17H2,1H3,(H,18,20). The van der Waals surface area contributed by atoms with E-state index in [-0.39, 0.29) is 18.2 Å². The Bertz CT molecular complexity index is 656. The molecule has 0 fully saturated rings. The third-order valence-electron chi connectivity index (χ3n) is 3.06. The molecular weight excluding hydrogens is 276 g/mol. The number of carbonyl (C=O) groups excluding carboxylic acids is 1. The largest absolute Gasteiger partial charge is 0.508 e. The van der Waals surface area contributed by atoms with E-state index in [1.807, 2.05) is 0 Å². The first-order valence-electron chi connectivity index (χ1n) is 6.09. The third-order valence-corrected chi connectivity index (χ3v) is 3.46. The van der Waals surface area contributed by atoms with Crippen molar-refractivity contribution < 1.29 is 9.90 Å². The Labute approximate surface area is 122 Å². The van der Waals surface area contributed by atoms with Crippen LogP contribution >= 0.6 is 11.6 Å². The van der Waals surface area contributed by atoms with Crippen molar-refractivity contribution in [1.82, 2.24) is 5.32 Å². The second kappa shape index (κ2) is 5.84. The molecule has 4 nitrogen and oxygen atoms in total. The maximum atomic E-state index is 12.1. The van der Waals surface area contributed by atoms with Gasteiger partial charge in [0.1, 0.15) is 5.75 Å². The molecule has 5 heteroatoms. The quantitative estimate of drug-likeness (QED) is 0.601. The molecule has 4 N–H and O–H groups in total. The van der Waals surface area contributed by atoms with E-state index in [1.165, 1.54) is 6.07 Å². The van der Waals surface area contributed by atoms with Gasteiger partial charge in [0, 0.05) is 28.4 Å². The van der Waals surface area contributed by atoms with Gasteiger partial charge in [0.2, 0.25) is 0 Å². The van der Waals surface area contributed by atoms with Crippen LogP contribution in [0.15, 0.2) is 36.4 Å². The molecule has 0 saturated heterocycles. The van der Waals surface area contributed by atoms with Crippen molar-refractivity contribution >= 4 is 23.2 Å². The summed E-state index contributed by atoms with van der Waals surface area (Å²) in [6.07, 6.45) is 0. The van der Waals surface area contributed by atoms with Crippen molar-refractivity contribution in [3.63, 3.8) is 0 Å². The highest BCUT2D eigenvalue weighted by molar-refractivity contribution is 6.31. The van der Waals surface area contributed by atoms with Gasteiger partial charge in [-0.1, -0.05) is 17.7 Å². The molecule has 0 atom stereocenters. The molecule has 0 aliphatic carbocycles. The monoisotopic (exact) mass is 290 g/mol. The minimum absolute atomic E-state index is 0.0994. The van der Waals surface area contributed by atoms with Crippen LogP contribution in [0.1, 0.15) is 21.5 Å². The van der Waals surface area contributed by atoms with E-state index in [0.717, 1.165) is 5.56 Å². The van der Waals surface area contributed by atoms with Crippen molar-refractivity contribution in [3.05, 3.63) is 58.1 Å². The fourth-order valence-corrected chi connectivity index (χ4v) is 2.05. The number of benzene rings is 2. The van der Waals surface area contributed by atoms with Crippen molar-refractivity contribution in [2.75, 3.05) is 5.73 Å². The first-order chi connectivity index (χ1) is 9.49. The van der Waals surface area contributed by atoms with E-state index in [1.54, 1.807) is 37.3 Å². The van der Waals surface area contributed by atoms with Gasteiger partial charge in [0.05, 0.1) is 0 Å². The van der Waals surface area contributed by atoms with Crippen LogP contribution in [0.4, 0.5) is 5.69 Å². The van der Waals surface area contributed by atoms with Gasteiger partial charge in [0.25, 0.3) is 5.91 Å². The average molecular weight is 291 g/mol. The van der Waals surface area contributed by atoms with E-state index < -0.39 is 0 Å². The van der Waals surface area contributed by atoms with Crippen LogP contribution in [0.5, 0.6) is 5.75 Å². The number of anilines is 1. The van der Waals surface area contributed by atoms with Gasteiger partial charge in [-0.2, -0.15) is 0 Å². The highest BCUT2D eigenvalue weighted by Gasteiger charge is 2.11. The SMILES string of the molecule is Cc1c(Cl)cccc1C(=O)NCc1cc(N)ccc1O. The Morgan fingerprint density at radius 2 is 2.10 bits per heavy atom. The minimum Gasteiger partial charge on any atom is -0.508 e. The predicted molar refractivity (Wildman–Crippen MR) is 79.9 cm³/mol. The second-order valence-electron chi connectivity index (χ2n) is 4.48. The molecular formula is C15H15ClN2O2. The average Bonchev–Trinajstić information content (AvgIpc) is 2.42. The summed E-state index contributed by atoms with van der Waals surface area (Å²) in [4.78, 5) is 12.1. The zero-order valence-corrected chi connectivity index (χ0v) is 11.7. The van der Waals surface area contributed by atoms with Crippen molar-refractivity contribution in [2.45, 2.75) is 13.5 Å². The molecule has 0 heterocycles. The Morgan fingerprint density at radius 3 is 2.85 bits per heavy atom. The number of phenols is 1. The van der Waals surface area contributed by atoms with Gasteiger partial charge >= 0.3 is 0 Å². The van der Waals surface area contributed by atoms with Crippen molar-refractivity contribution in [2.24, 2.45) is 0 Å².